The van der Waals surface area contributed by atoms with Crippen molar-refractivity contribution in [3.63, 3.8) is 0 Å². The monoisotopic (exact) mass is 128 g/mol. The van der Waals surface area contributed by atoms with E-state index in [2.05, 4.69) is 18.8 Å². The third-order valence-electron chi connectivity index (χ3n) is 1.33. The summed E-state index contributed by atoms with van der Waals surface area (Å²) in [4.78, 5) is 4.23. The minimum atomic E-state index is 0.566. The van der Waals surface area contributed by atoms with Crippen LogP contribution in [0.1, 0.15) is 20.8 Å². The Balaban J connectivity index is 3.55. The van der Waals surface area contributed by atoms with E-state index < -0.39 is 0 Å². The van der Waals surface area contributed by atoms with E-state index in [1.807, 2.05) is 6.92 Å². The Bertz CT molecular complexity index is 95.1. The minimum Gasteiger partial charge on any atom is -0.329 e. The lowest BCUT2D eigenvalue weighted by molar-refractivity contribution is 0.856. The molecule has 0 aromatic carbocycles. The van der Waals surface area contributed by atoms with Gasteiger partial charge in [-0.25, -0.2) is 0 Å². The Kier molecular flexibility index (Phi) is 4.32. The lowest BCUT2D eigenvalue weighted by Gasteiger charge is -2.01. The maximum atomic E-state index is 5.27. The fourth-order valence-electron chi connectivity index (χ4n) is 0.423. The highest BCUT2D eigenvalue weighted by atomic mass is 14.8. The molecule has 0 aromatic heterocycles. The first-order valence-corrected chi connectivity index (χ1v) is 3.39. The van der Waals surface area contributed by atoms with Gasteiger partial charge < -0.3 is 5.73 Å². The van der Waals surface area contributed by atoms with Gasteiger partial charge in [0.1, 0.15) is 0 Å². The number of hydrogen-bond acceptors (Lipinski definition) is 2. The van der Waals surface area contributed by atoms with E-state index in [-0.39, 0.29) is 0 Å². The van der Waals surface area contributed by atoms with Crippen LogP contribution in [0.25, 0.3) is 0 Å². The van der Waals surface area contributed by atoms with E-state index in [9.17, 15) is 0 Å². The highest BCUT2D eigenvalue weighted by Gasteiger charge is 1.94. The van der Waals surface area contributed by atoms with Gasteiger partial charge in [-0.3, -0.25) is 4.99 Å². The molecule has 0 aliphatic carbocycles. The predicted molar refractivity (Wildman–Crippen MR) is 41.9 cm³/mol. The number of hydrogen-bond donors (Lipinski definition) is 1. The normalized spacial score (nSPS) is 12.8. The molecule has 2 N–H and O–H groups in total. The fraction of sp³-hybridized carbons (Fsp3) is 0.857. The van der Waals surface area contributed by atoms with Crippen LogP contribution in [0.2, 0.25) is 0 Å². The second kappa shape index (κ2) is 4.50. The van der Waals surface area contributed by atoms with Crippen molar-refractivity contribution in [2.24, 2.45) is 16.6 Å². The van der Waals surface area contributed by atoms with Gasteiger partial charge >= 0.3 is 0 Å². The first-order chi connectivity index (χ1) is 4.18. The topological polar surface area (TPSA) is 38.4 Å². The van der Waals surface area contributed by atoms with E-state index in [4.69, 9.17) is 5.73 Å². The molecule has 0 aliphatic heterocycles. The molecule has 0 radical (unpaired) electrons. The molecule has 2 nitrogen and oxygen atoms in total. The Morgan fingerprint density at radius 3 is 2.44 bits per heavy atom. The molecule has 0 aliphatic rings. The third kappa shape index (κ3) is 4.15. The standard InChI is InChI=1S/C7H16N2/c1-6(2)7(3)9-5-4-8/h6H,4-5,8H2,1-3H3. The molecular weight excluding hydrogens is 112 g/mol. The van der Waals surface area contributed by atoms with Crippen LogP contribution in [0.3, 0.4) is 0 Å². The Hall–Kier alpha value is -0.370. The summed E-state index contributed by atoms with van der Waals surface area (Å²) in [6.45, 7) is 7.74. The molecule has 0 saturated heterocycles. The molecule has 0 aromatic rings. The maximum absolute atomic E-state index is 5.27. The van der Waals surface area contributed by atoms with Gasteiger partial charge in [-0.15, -0.1) is 0 Å². The van der Waals surface area contributed by atoms with Crippen molar-refractivity contribution >= 4 is 5.71 Å². The average molecular weight is 128 g/mol. The zero-order valence-electron chi connectivity index (χ0n) is 6.52. The van der Waals surface area contributed by atoms with E-state index >= 15 is 0 Å². The summed E-state index contributed by atoms with van der Waals surface area (Å²) < 4.78 is 0. The average Bonchev–Trinajstić information content (AvgIpc) is 1.82. The predicted octanol–water partition coefficient (Wildman–Crippen LogP) is 1.06. The first-order valence-electron chi connectivity index (χ1n) is 3.39. The second-order valence-corrected chi connectivity index (χ2v) is 2.47. The van der Waals surface area contributed by atoms with E-state index in [0.717, 1.165) is 6.54 Å². The molecule has 2 heteroatoms. The molecule has 0 saturated carbocycles. The number of aliphatic imine (C=N–C) groups is 1. The number of nitrogens with two attached hydrogens (primary N) is 1. The van der Waals surface area contributed by atoms with Crippen LogP contribution >= 0.6 is 0 Å². The molecule has 0 atom stereocenters. The highest BCUT2D eigenvalue weighted by Crippen LogP contribution is 1.94. The summed E-state index contributed by atoms with van der Waals surface area (Å²) in [6, 6.07) is 0. The van der Waals surface area contributed by atoms with E-state index in [1.54, 1.807) is 0 Å². The van der Waals surface area contributed by atoms with Crippen molar-refractivity contribution in [3.8, 4) is 0 Å². The summed E-state index contributed by atoms with van der Waals surface area (Å²) in [7, 11) is 0. The van der Waals surface area contributed by atoms with Gasteiger partial charge in [-0.2, -0.15) is 0 Å². The zero-order valence-corrected chi connectivity index (χ0v) is 6.52. The van der Waals surface area contributed by atoms with Gasteiger partial charge in [-0.05, 0) is 12.8 Å². The van der Waals surface area contributed by atoms with Crippen molar-refractivity contribution in [2.45, 2.75) is 20.8 Å². The molecule has 0 bridgehead atoms. The van der Waals surface area contributed by atoms with E-state index in [1.165, 1.54) is 5.71 Å². The second-order valence-electron chi connectivity index (χ2n) is 2.47. The SMILES string of the molecule is CC(=NCCN)C(C)C. The van der Waals surface area contributed by atoms with Crippen LogP contribution in [0.15, 0.2) is 4.99 Å². The van der Waals surface area contributed by atoms with E-state index in [0.29, 0.717) is 12.5 Å². The zero-order chi connectivity index (χ0) is 7.28. The maximum Gasteiger partial charge on any atom is 0.0511 e. The summed E-state index contributed by atoms with van der Waals surface area (Å²) >= 11 is 0. The van der Waals surface area contributed by atoms with Crippen LogP contribution in [-0.2, 0) is 0 Å². The van der Waals surface area contributed by atoms with Crippen molar-refractivity contribution in [2.75, 3.05) is 13.1 Å². The van der Waals surface area contributed by atoms with Gasteiger partial charge in [0.2, 0.25) is 0 Å². The van der Waals surface area contributed by atoms with Gasteiger partial charge in [0.15, 0.2) is 0 Å². The van der Waals surface area contributed by atoms with Crippen LogP contribution in [0.4, 0.5) is 0 Å². The molecule has 9 heavy (non-hydrogen) atoms. The lowest BCUT2D eigenvalue weighted by atomic mass is 10.1. The van der Waals surface area contributed by atoms with Gasteiger partial charge in [0.25, 0.3) is 0 Å². The van der Waals surface area contributed by atoms with Crippen LogP contribution in [-0.4, -0.2) is 18.8 Å². The number of nitrogens with zero attached hydrogens (tertiary/aromatic N) is 1. The molecular formula is C7H16N2. The molecule has 0 rings (SSSR count). The largest absolute Gasteiger partial charge is 0.329 e. The van der Waals surface area contributed by atoms with Crippen molar-refractivity contribution in [1.29, 1.82) is 0 Å². The van der Waals surface area contributed by atoms with Crippen molar-refractivity contribution in [3.05, 3.63) is 0 Å². The van der Waals surface area contributed by atoms with Crippen LogP contribution in [0.5, 0.6) is 0 Å². The smallest absolute Gasteiger partial charge is 0.0511 e. The highest BCUT2D eigenvalue weighted by molar-refractivity contribution is 5.83. The van der Waals surface area contributed by atoms with Gasteiger partial charge in [-0.1, -0.05) is 13.8 Å². The fourth-order valence-corrected chi connectivity index (χ4v) is 0.423. The summed E-state index contributed by atoms with van der Waals surface area (Å²) in [5.74, 6) is 0.566. The molecule has 54 valence electrons. The Morgan fingerprint density at radius 2 is 2.11 bits per heavy atom. The third-order valence-corrected chi connectivity index (χ3v) is 1.33. The lowest BCUT2D eigenvalue weighted by Crippen LogP contribution is -2.08. The van der Waals surface area contributed by atoms with Crippen molar-refractivity contribution in [1.82, 2.24) is 0 Å². The first kappa shape index (κ1) is 8.63. The van der Waals surface area contributed by atoms with Crippen molar-refractivity contribution < 1.29 is 0 Å². The van der Waals surface area contributed by atoms with Gasteiger partial charge in [0, 0.05) is 12.3 Å². The molecule has 0 unspecified atom stereocenters. The van der Waals surface area contributed by atoms with Gasteiger partial charge in [0.05, 0.1) is 6.54 Å². The van der Waals surface area contributed by atoms with Crippen LogP contribution in [0, 0.1) is 5.92 Å². The molecule has 0 amide bonds. The molecule has 0 heterocycles. The number of rotatable bonds is 3. The van der Waals surface area contributed by atoms with Crippen LogP contribution < -0.4 is 5.73 Å². The summed E-state index contributed by atoms with van der Waals surface area (Å²) in [5.41, 5.74) is 6.46. The quantitative estimate of drug-likeness (QED) is 0.567. The summed E-state index contributed by atoms with van der Waals surface area (Å²) in [5, 5.41) is 0. The summed E-state index contributed by atoms with van der Waals surface area (Å²) in [6.07, 6.45) is 0. The molecule has 0 spiro atoms. The molecule has 0 fully saturated rings. The Morgan fingerprint density at radius 1 is 1.56 bits per heavy atom. The minimum absolute atomic E-state index is 0.566. The Labute approximate surface area is 57.2 Å².